The number of carbonyl (C=O) groups is 2. The second-order valence-electron chi connectivity index (χ2n) is 19.3. The van der Waals surface area contributed by atoms with Gasteiger partial charge in [-0.1, -0.05) is 175 Å². The van der Waals surface area contributed by atoms with E-state index in [1.807, 2.05) is 13.8 Å². The number of aromatic nitrogens is 6. The van der Waals surface area contributed by atoms with Gasteiger partial charge in [0.1, 0.15) is 16.8 Å². The monoisotopic (exact) mass is 5040 g/mol. The number of H-pyrrole nitrogens is 1. The first-order chi connectivity index (χ1) is 36.2. The average molecular weight is 5050 g/mol. The van der Waals surface area contributed by atoms with Gasteiger partial charge in [0.2, 0.25) is 17.8 Å². The molecule has 17 nitrogen and oxygen atoms in total. The number of unbranched alkanes of at least 4 members (excludes halogenated alkanes) is 20. The van der Waals surface area contributed by atoms with Crippen molar-refractivity contribution < 1.29 is 1450 Å². The van der Waals surface area contributed by atoms with Gasteiger partial charge in [0.05, 0.1) is 0 Å². The van der Waals surface area contributed by atoms with Crippen molar-refractivity contribution in [1.82, 2.24) is 29.9 Å². The van der Waals surface area contributed by atoms with E-state index in [0.29, 0.717) is 17.0 Å². The molecule has 1 saturated heterocycles. The number of nitrogens with two attached hydrogens (primary N) is 2. The maximum Gasteiger partial charge on any atom is 0.586 e. The number of nitrogens with zero attached hydrogens (tertiary/aromatic N) is 7. The van der Waals surface area contributed by atoms with E-state index in [0.717, 1.165) is 81.0 Å². The fourth-order valence-corrected chi connectivity index (χ4v) is 7.93. The SMILES string of the molecule is C.C=[O+]C(=O)CC(C)=O.CCCCCCCCN=C(N)N.CCCCCCCCNc1nc(C)cc(=O)[nH]1.CCCCCCCCNc1nc(C)cc(Cl)n1.CCCCCCCCNc1nc(C)cc(N2CCCC2)n1.P.[2HH].[B].[Y].[Y].[Y].[Y].[Y].[Y].[Y].[Y].[Y].[Y].[Y].[Y].[Y].[Y].[Y].[Y].[Y].[Y].[Y].[Y].[Y].[Y].[Y].[Y].[Y].[Y].[Y].[Y].[Y].[Y].[Y].[Y].[Y].[Y].[Y].[Y].[Y].[Y].[Y].[Y].[Y].[Y].[Y].[Y]. The number of guanidine groups is 1. The zero-order valence-corrected chi connectivity index (χ0v) is 202. The normalized spacial score (nSPS) is 6.94. The van der Waals surface area contributed by atoms with Gasteiger partial charge in [-0.25, -0.2) is 19.9 Å². The van der Waals surface area contributed by atoms with E-state index in [1.165, 1.54) is 167 Å². The number of rotatable bonds is 34. The van der Waals surface area contributed by atoms with Crippen LogP contribution >= 0.6 is 21.5 Å². The third kappa shape index (κ3) is 246. The van der Waals surface area contributed by atoms with Crippen LogP contribution in [0.5, 0.6) is 0 Å². The van der Waals surface area contributed by atoms with Gasteiger partial charge in [-0.3, -0.25) is 24.0 Å². The van der Waals surface area contributed by atoms with Gasteiger partial charge < -0.3 is 32.3 Å². The fraction of sp³-hybridized carbons (Fsp3) is 0.724. The van der Waals surface area contributed by atoms with Crippen LogP contribution in [0.15, 0.2) is 28.0 Å². The number of halogens is 1. The molecular weight excluding hydrogens is 4930 g/mol. The minimum atomic E-state index is -0.586. The van der Waals surface area contributed by atoms with Crippen molar-refractivity contribution in [3.63, 3.8) is 0 Å². The molecule has 1 atom stereocenters. The number of nitrogens with one attached hydrogen (secondary N) is 4. The van der Waals surface area contributed by atoms with E-state index in [2.05, 4.69) is 108 Å². The first-order valence-electron chi connectivity index (χ1n) is 28.6. The molecule has 579 valence electrons. The number of hydrogen-bond donors (Lipinski definition) is 6. The van der Waals surface area contributed by atoms with Gasteiger partial charge >= 0.3 is 5.97 Å². The van der Waals surface area contributed by atoms with Crippen molar-refractivity contribution >= 4 is 78.1 Å². The molecule has 4 rings (SSSR count). The van der Waals surface area contributed by atoms with Crippen LogP contribution in [0.25, 0.3) is 0 Å². The zero-order chi connectivity index (χ0) is 55.7. The van der Waals surface area contributed by atoms with Crippen LogP contribution in [0.2, 0.25) is 5.15 Å². The quantitative estimate of drug-likeness (QED) is 0.00476. The van der Waals surface area contributed by atoms with E-state index in [1.54, 1.807) is 6.07 Å². The molecule has 64 heteroatoms. The van der Waals surface area contributed by atoms with E-state index in [-0.39, 0.29) is 1490 Å². The first-order valence-corrected chi connectivity index (χ1v) is 29.0. The molecule has 1 fully saturated rings. The maximum absolute atomic E-state index is 11.2. The summed E-state index contributed by atoms with van der Waals surface area (Å²) >= 11 is 5.86. The molecule has 0 aliphatic carbocycles. The number of aryl methyl sites for hydroxylation is 3. The number of carbonyl (C=O) groups excluding carboxylic acids is 3. The van der Waals surface area contributed by atoms with Crippen molar-refractivity contribution in [1.29, 1.82) is 0 Å². The molecule has 8 N–H and O–H groups in total. The minimum Gasteiger partial charge on any atom is -0.370 e. The number of aromatic amines is 1. The van der Waals surface area contributed by atoms with Crippen molar-refractivity contribution in [3.05, 3.63) is 50.8 Å². The van der Waals surface area contributed by atoms with Crippen LogP contribution in [-0.4, -0.2) is 102 Å². The van der Waals surface area contributed by atoms with Crippen LogP contribution in [-0.2, 0) is 1450 Å². The molecule has 122 heavy (non-hydrogen) atoms. The molecule has 1 aliphatic heterocycles. The minimum absolute atomic E-state index is 0. The van der Waals surface area contributed by atoms with Crippen molar-refractivity contribution in [2.45, 2.75) is 236 Å². The van der Waals surface area contributed by atoms with Crippen LogP contribution in [0, 0.1) is 20.8 Å². The van der Waals surface area contributed by atoms with Crippen LogP contribution in [0.3, 0.4) is 0 Å². The summed E-state index contributed by atoms with van der Waals surface area (Å²) in [6.07, 6.45) is 33.3. The van der Waals surface area contributed by atoms with Gasteiger partial charge in [-0.15, -0.1) is 0 Å². The number of ketones is 1. The molecule has 0 bridgehead atoms. The Morgan fingerprint density at radius 2 is 0.689 bits per heavy atom. The summed E-state index contributed by atoms with van der Waals surface area (Å²) in [7, 11) is 0. The maximum atomic E-state index is 11.2. The smallest absolute Gasteiger partial charge is 0.370 e. The molecule has 0 saturated carbocycles. The molecule has 0 spiro atoms. The summed E-state index contributed by atoms with van der Waals surface area (Å²) in [5.74, 6) is 2.53. The van der Waals surface area contributed by atoms with E-state index >= 15 is 0 Å². The van der Waals surface area contributed by atoms with Gasteiger partial charge in [0, 0.05) is 1520 Å². The number of Topliss-reactive ketones (excluding diaryl/α,β-unsaturated/α-hetero) is 1. The molecule has 1 aliphatic rings. The van der Waals surface area contributed by atoms with Crippen molar-refractivity contribution in [2.75, 3.05) is 60.1 Å². The molecule has 3 aromatic rings. The Balaban J connectivity index is -0.0000000110. The predicted octanol–water partition coefficient (Wildman–Crippen LogP) is 13.1. The molecule has 47 radical (unpaired) electrons. The summed E-state index contributed by atoms with van der Waals surface area (Å²) in [6, 6.07) is 5.36. The number of anilines is 4. The molecule has 0 aromatic carbocycles. The van der Waals surface area contributed by atoms with Crippen LogP contribution in [0.4, 0.5) is 23.7 Å². The predicted molar refractivity (Wildman–Crippen MR) is 342 cm³/mol. The van der Waals surface area contributed by atoms with Crippen LogP contribution in [0.1, 0.15) is 234 Å². The summed E-state index contributed by atoms with van der Waals surface area (Å²) in [5.41, 5.74) is 13.0. The Kier molecular flexibility index (Phi) is 698. The Morgan fingerprint density at radius 3 is 0.951 bits per heavy atom. The molecule has 1 unspecified atom stereocenters. The summed E-state index contributed by atoms with van der Waals surface area (Å²) in [6.45, 7) is 24.7. The molecule has 4 heterocycles. The van der Waals surface area contributed by atoms with Gasteiger partial charge in [-0.2, -0.15) is 14.9 Å². The zero-order valence-electron chi connectivity index (χ0n) is 74.8. The topological polar surface area (TPSA) is 246 Å². The Hall–Kier alpha value is 43.9. The third-order valence-electron chi connectivity index (χ3n) is 11.8. The van der Waals surface area contributed by atoms with E-state index in [4.69, 9.17) is 23.1 Å². The summed E-state index contributed by atoms with van der Waals surface area (Å²) in [5, 5.41) is 10.3. The van der Waals surface area contributed by atoms with E-state index in [9.17, 15) is 14.4 Å². The van der Waals surface area contributed by atoms with Crippen molar-refractivity contribution in [2.24, 2.45) is 16.5 Å². The number of aliphatic imine (C=N–C) groups is 1. The largest absolute Gasteiger partial charge is 0.586 e. The Labute approximate surface area is 1870 Å². The summed E-state index contributed by atoms with van der Waals surface area (Å²) in [4.78, 5) is 62.1. The Bertz CT molecular complexity index is 2110. The van der Waals surface area contributed by atoms with Gasteiger partial charge in [0.25, 0.3) is 5.56 Å². The fourth-order valence-electron chi connectivity index (χ4n) is 7.69. The summed E-state index contributed by atoms with van der Waals surface area (Å²) < 4.78 is 3.95. The second-order valence-corrected chi connectivity index (χ2v) is 19.7. The molecule has 3 aromatic heterocycles. The molecule has 0 amide bonds. The van der Waals surface area contributed by atoms with Crippen LogP contribution < -0.4 is 37.9 Å². The first kappa shape index (κ1) is 325. The Morgan fingerprint density at radius 1 is 0.426 bits per heavy atom. The van der Waals surface area contributed by atoms with Crippen molar-refractivity contribution in [3.8, 4) is 0 Å². The second kappa shape index (κ2) is 263. The number of hydrogen-bond acceptors (Lipinski definition) is 13. The van der Waals surface area contributed by atoms with Gasteiger partial charge in [-0.05, 0) is 72.3 Å². The van der Waals surface area contributed by atoms with Gasteiger partial charge in [0.15, 0.2) is 19.2 Å². The molecular formula is C58H112BClN13O4PY44+. The third-order valence-corrected chi connectivity index (χ3v) is 12.0. The average Bonchev–Trinajstić information content (AvgIpc) is 1.54. The standard InChI is InChI=1S/C17H30N4.C13H22ClN3.C13H23N3O.C9H21N3.C5H7O3.CH4.B.H3P.44Y.H2/c1-3-4-5-6-7-8-11-18-17-19-15(2)14-16(20-17)21-12-9-10-13-21;1-3-4-5-6-7-8-9-15-13-16-11(2)10-12(14)17-13;1-3-4-5-6-7-8-9-14-13-15-11(2)10-12(17)16-13;1-2-3-4-5-6-7-8-12-9(10)11;1-4(6)3-5(7)8-2;;;;;;;;;;;;;;;;;;;;;;;;;;;;;;;;;;;;;;;;;;;;;;;;/h14H,3-13H2,1-2H3,(H,18,19,20);10H,3-9H2,1-2H3,(H,15,16,17);10H,3-9H2,1-2H3,(H2,14,15,16,17);2-8H2,1H3,(H4,10,11,12);2-3H2,1H3;1H4;;1H3;;;;;;;;;;;;;;;;;;;;;;;;;;;;;;;;;;;;;;;;;;;;;1H/q;;;;+1;;;;;;;;;;;;;;;;;;;;;;;;;;;;;;;;;;;;;;;;;;;;;;;;/i;;;;;;;;;;;;;;;;;;;;;;;;;;;;;;;;;;;;;;;;;;;;;;;;;;;;1+1. The van der Waals surface area contributed by atoms with E-state index < -0.39 is 5.97 Å².